The number of nitrogens with zero attached hydrogens (tertiary/aromatic N) is 1. The number of hydrogen-bond donors (Lipinski definition) is 1. The highest BCUT2D eigenvalue weighted by Gasteiger charge is 2.30. The van der Waals surface area contributed by atoms with Crippen LogP contribution in [-0.4, -0.2) is 31.1 Å². The summed E-state index contributed by atoms with van der Waals surface area (Å²) in [5.74, 6) is 0. The van der Waals surface area contributed by atoms with Gasteiger partial charge in [-0.25, -0.2) is 0 Å². The minimum absolute atomic E-state index is 0.447. The molecule has 1 fully saturated rings. The van der Waals surface area contributed by atoms with Crippen molar-refractivity contribution in [2.45, 2.75) is 59.0 Å². The molecule has 2 rings (SSSR count). The summed E-state index contributed by atoms with van der Waals surface area (Å²) in [4.78, 5) is 2.68. The molecule has 1 atom stereocenters. The Bertz CT molecular complexity index is 426. The first-order valence-electron chi connectivity index (χ1n) is 8.05. The van der Waals surface area contributed by atoms with Crippen molar-refractivity contribution in [2.24, 2.45) is 0 Å². The van der Waals surface area contributed by atoms with Gasteiger partial charge in [-0.2, -0.15) is 0 Å². The van der Waals surface area contributed by atoms with Crippen molar-refractivity contribution in [3.63, 3.8) is 0 Å². The summed E-state index contributed by atoms with van der Waals surface area (Å²) in [6, 6.07) is 5.92. The molecule has 0 saturated heterocycles. The van der Waals surface area contributed by atoms with Gasteiger partial charge < -0.3 is 5.32 Å². The molecule has 1 aromatic rings. The molecule has 0 amide bonds. The smallest absolute Gasteiger partial charge is 0.0452 e. The number of benzene rings is 1. The van der Waals surface area contributed by atoms with Gasteiger partial charge in [0.1, 0.15) is 0 Å². The van der Waals surface area contributed by atoms with E-state index >= 15 is 0 Å². The van der Waals surface area contributed by atoms with E-state index in [2.05, 4.69) is 57.1 Å². The SMILES string of the molecule is CCCN(CC(NC)c1c(C)cc(C)cc1C)C1CC1. The van der Waals surface area contributed by atoms with Crippen LogP contribution >= 0.6 is 0 Å². The van der Waals surface area contributed by atoms with Crippen molar-refractivity contribution in [1.82, 2.24) is 10.2 Å². The van der Waals surface area contributed by atoms with Crippen molar-refractivity contribution in [1.29, 1.82) is 0 Å². The Balaban J connectivity index is 2.19. The predicted molar refractivity (Wildman–Crippen MR) is 87.3 cm³/mol. The van der Waals surface area contributed by atoms with Crippen molar-refractivity contribution in [3.05, 3.63) is 34.4 Å². The van der Waals surface area contributed by atoms with Crippen LogP contribution in [0.3, 0.4) is 0 Å². The van der Waals surface area contributed by atoms with E-state index in [9.17, 15) is 0 Å². The van der Waals surface area contributed by atoms with E-state index in [1.807, 2.05) is 0 Å². The molecule has 1 N–H and O–H groups in total. The standard InChI is InChI=1S/C18H30N2/c1-6-9-20(16-7-8-16)12-17(19-5)18-14(3)10-13(2)11-15(18)4/h10-11,16-17,19H,6-9,12H2,1-5H3. The Morgan fingerprint density at radius 3 is 2.25 bits per heavy atom. The van der Waals surface area contributed by atoms with Crippen LogP contribution in [0.25, 0.3) is 0 Å². The summed E-state index contributed by atoms with van der Waals surface area (Å²) >= 11 is 0. The molecule has 1 unspecified atom stereocenters. The molecular weight excluding hydrogens is 244 g/mol. The number of aryl methyl sites for hydroxylation is 3. The fourth-order valence-electron chi connectivity index (χ4n) is 3.45. The Labute approximate surface area is 124 Å². The Morgan fingerprint density at radius 1 is 1.20 bits per heavy atom. The second-order valence-electron chi connectivity index (χ2n) is 6.38. The molecule has 0 radical (unpaired) electrons. The van der Waals surface area contributed by atoms with Gasteiger partial charge >= 0.3 is 0 Å². The molecule has 0 spiro atoms. The van der Waals surface area contributed by atoms with Crippen LogP contribution in [0.2, 0.25) is 0 Å². The minimum atomic E-state index is 0.447. The normalized spacial score (nSPS) is 16.7. The maximum absolute atomic E-state index is 3.55. The fourth-order valence-corrected chi connectivity index (χ4v) is 3.45. The lowest BCUT2D eigenvalue weighted by molar-refractivity contribution is 0.236. The van der Waals surface area contributed by atoms with Crippen LogP contribution in [0.4, 0.5) is 0 Å². The highest BCUT2D eigenvalue weighted by atomic mass is 15.2. The first kappa shape index (κ1) is 15.5. The third-order valence-electron chi connectivity index (χ3n) is 4.43. The maximum Gasteiger partial charge on any atom is 0.0452 e. The van der Waals surface area contributed by atoms with E-state index in [1.165, 1.54) is 48.1 Å². The Morgan fingerprint density at radius 2 is 1.80 bits per heavy atom. The van der Waals surface area contributed by atoms with E-state index in [4.69, 9.17) is 0 Å². The zero-order valence-corrected chi connectivity index (χ0v) is 13.8. The third-order valence-corrected chi connectivity index (χ3v) is 4.43. The van der Waals surface area contributed by atoms with Crippen molar-refractivity contribution in [3.8, 4) is 0 Å². The predicted octanol–water partition coefficient (Wildman–Crippen LogP) is 3.75. The fraction of sp³-hybridized carbons (Fsp3) is 0.667. The second-order valence-corrected chi connectivity index (χ2v) is 6.38. The van der Waals surface area contributed by atoms with E-state index in [0.717, 1.165) is 12.6 Å². The van der Waals surface area contributed by atoms with Crippen LogP contribution < -0.4 is 5.32 Å². The molecule has 112 valence electrons. The summed E-state index contributed by atoms with van der Waals surface area (Å²) in [5, 5.41) is 3.55. The molecule has 20 heavy (non-hydrogen) atoms. The molecule has 2 heteroatoms. The van der Waals surface area contributed by atoms with Crippen LogP contribution in [0.1, 0.15) is 54.5 Å². The molecule has 1 saturated carbocycles. The molecule has 1 aliphatic carbocycles. The minimum Gasteiger partial charge on any atom is -0.312 e. The van der Waals surface area contributed by atoms with Gasteiger partial charge in [0, 0.05) is 18.6 Å². The topological polar surface area (TPSA) is 15.3 Å². The zero-order chi connectivity index (χ0) is 14.7. The van der Waals surface area contributed by atoms with Crippen LogP contribution in [0.15, 0.2) is 12.1 Å². The average Bonchev–Trinajstić information content (AvgIpc) is 3.19. The molecule has 0 aliphatic heterocycles. The van der Waals surface area contributed by atoms with Crippen molar-refractivity contribution < 1.29 is 0 Å². The Kier molecular flexibility index (Phi) is 5.22. The van der Waals surface area contributed by atoms with Gasteiger partial charge in [-0.1, -0.05) is 24.6 Å². The lowest BCUT2D eigenvalue weighted by Gasteiger charge is -2.29. The maximum atomic E-state index is 3.55. The lowest BCUT2D eigenvalue weighted by atomic mass is 9.93. The first-order chi connectivity index (χ1) is 9.56. The van der Waals surface area contributed by atoms with Crippen molar-refractivity contribution in [2.75, 3.05) is 20.1 Å². The van der Waals surface area contributed by atoms with Gasteiger partial charge in [-0.05, 0) is 70.3 Å². The molecule has 2 nitrogen and oxygen atoms in total. The summed E-state index contributed by atoms with van der Waals surface area (Å²) in [6.45, 7) is 11.3. The van der Waals surface area contributed by atoms with Gasteiger partial charge in [-0.15, -0.1) is 0 Å². The van der Waals surface area contributed by atoms with Gasteiger partial charge in [0.2, 0.25) is 0 Å². The summed E-state index contributed by atoms with van der Waals surface area (Å²) in [7, 11) is 2.10. The largest absolute Gasteiger partial charge is 0.312 e. The first-order valence-corrected chi connectivity index (χ1v) is 8.05. The summed E-state index contributed by atoms with van der Waals surface area (Å²) in [6.07, 6.45) is 4.03. The van der Waals surface area contributed by atoms with Crippen LogP contribution in [0, 0.1) is 20.8 Å². The highest BCUT2D eigenvalue weighted by Crippen LogP contribution is 2.30. The van der Waals surface area contributed by atoms with Crippen LogP contribution in [0.5, 0.6) is 0 Å². The summed E-state index contributed by atoms with van der Waals surface area (Å²) < 4.78 is 0. The Hall–Kier alpha value is -0.860. The van der Waals surface area contributed by atoms with E-state index in [1.54, 1.807) is 0 Å². The van der Waals surface area contributed by atoms with Gasteiger partial charge in [-0.3, -0.25) is 4.90 Å². The zero-order valence-electron chi connectivity index (χ0n) is 13.8. The quantitative estimate of drug-likeness (QED) is 0.814. The summed E-state index contributed by atoms with van der Waals surface area (Å²) in [5.41, 5.74) is 5.72. The van der Waals surface area contributed by atoms with E-state index in [0.29, 0.717) is 6.04 Å². The number of likely N-dealkylation sites (N-methyl/N-ethyl adjacent to an activating group) is 1. The van der Waals surface area contributed by atoms with Gasteiger partial charge in [0.15, 0.2) is 0 Å². The highest BCUT2D eigenvalue weighted by molar-refractivity contribution is 5.39. The van der Waals surface area contributed by atoms with Crippen molar-refractivity contribution >= 4 is 0 Å². The number of hydrogen-bond acceptors (Lipinski definition) is 2. The van der Waals surface area contributed by atoms with Gasteiger partial charge in [0.25, 0.3) is 0 Å². The molecule has 0 heterocycles. The number of nitrogens with one attached hydrogen (secondary N) is 1. The van der Waals surface area contributed by atoms with E-state index < -0.39 is 0 Å². The monoisotopic (exact) mass is 274 g/mol. The molecule has 1 aliphatic rings. The average molecular weight is 274 g/mol. The molecular formula is C18H30N2. The molecule has 0 aromatic heterocycles. The second kappa shape index (κ2) is 6.73. The molecule has 0 bridgehead atoms. The molecule has 1 aromatic carbocycles. The lowest BCUT2D eigenvalue weighted by Crippen LogP contribution is -2.36. The van der Waals surface area contributed by atoms with E-state index in [-0.39, 0.29) is 0 Å². The third kappa shape index (κ3) is 3.62. The van der Waals surface area contributed by atoms with Gasteiger partial charge in [0.05, 0.1) is 0 Å². The number of rotatable bonds is 7. The van der Waals surface area contributed by atoms with Crippen LogP contribution in [-0.2, 0) is 0 Å².